The largest absolute Gasteiger partial charge is 0.361 e. The van der Waals surface area contributed by atoms with Crippen LogP contribution in [-0.4, -0.2) is 43.4 Å². The number of benzene rings is 4. The van der Waals surface area contributed by atoms with Gasteiger partial charge in [0.15, 0.2) is 5.82 Å². The third-order valence-electron chi connectivity index (χ3n) is 10.2. The van der Waals surface area contributed by atoms with Crippen LogP contribution in [0.1, 0.15) is 53.6 Å². The van der Waals surface area contributed by atoms with E-state index in [9.17, 15) is 4.79 Å². The molecule has 248 valence electrons. The first-order chi connectivity index (χ1) is 24.1. The summed E-state index contributed by atoms with van der Waals surface area (Å²) in [6.07, 6.45) is 8.89. The van der Waals surface area contributed by atoms with Gasteiger partial charge in [-0.1, -0.05) is 78.9 Å². The van der Waals surface area contributed by atoms with E-state index in [-0.39, 0.29) is 11.8 Å². The number of fused-ring (bicyclic) bond motifs is 3. The maximum absolute atomic E-state index is 13.9. The molecule has 1 fully saturated rings. The van der Waals surface area contributed by atoms with E-state index < -0.39 is 6.04 Å². The van der Waals surface area contributed by atoms with Gasteiger partial charge in [-0.25, -0.2) is 0 Å². The Morgan fingerprint density at radius 1 is 0.837 bits per heavy atom. The number of nitrogens with one attached hydrogen (secondary N) is 3. The quantitative estimate of drug-likeness (QED) is 0.124. The van der Waals surface area contributed by atoms with Crippen LogP contribution in [0.15, 0.2) is 103 Å². The van der Waals surface area contributed by atoms with E-state index in [0.29, 0.717) is 13.0 Å². The van der Waals surface area contributed by atoms with E-state index in [1.165, 1.54) is 27.3 Å². The lowest BCUT2D eigenvalue weighted by atomic mass is 9.96. The molecule has 9 nitrogen and oxygen atoms in total. The normalized spacial score (nSPS) is 14.5. The summed E-state index contributed by atoms with van der Waals surface area (Å²) >= 11 is 0. The molecule has 1 aliphatic rings. The Morgan fingerprint density at radius 2 is 1.59 bits per heavy atom. The fourth-order valence-corrected chi connectivity index (χ4v) is 7.58. The molecular formula is C40H42N8O. The van der Waals surface area contributed by atoms with Gasteiger partial charge in [0.25, 0.3) is 0 Å². The fraction of sp³-hybridized carbons (Fsp3) is 0.275. The van der Waals surface area contributed by atoms with Crippen LogP contribution in [0, 0.1) is 5.92 Å². The van der Waals surface area contributed by atoms with Crippen molar-refractivity contribution in [2.75, 3.05) is 18.9 Å². The zero-order chi connectivity index (χ0) is 33.2. The molecule has 0 aliphatic carbocycles. The van der Waals surface area contributed by atoms with E-state index in [4.69, 9.17) is 16.0 Å². The number of carbonyl (C=O) groups excluding carboxylic acids is 1. The summed E-state index contributed by atoms with van der Waals surface area (Å²) in [7, 11) is 0. The van der Waals surface area contributed by atoms with Crippen molar-refractivity contribution in [2.45, 2.75) is 51.1 Å². The number of H-pyrrole nitrogens is 1. The van der Waals surface area contributed by atoms with Crippen LogP contribution >= 0.6 is 0 Å². The van der Waals surface area contributed by atoms with Gasteiger partial charge in [-0.05, 0) is 78.4 Å². The molecule has 1 atom stereocenters. The van der Waals surface area contributed by atoms with Crippen LogP contribution < -0.4 is 16.5 Å². The van der Waals surface area contributed by atoms with Crippen LogP contribution in [0.4, 0.5) is 0 Å². The van der Waals surface area contributed by atoms with Crippen molar-refractivity contribution in [3.63, 3.8) is 0 Å². The van der Waals surface area contributed by atoms with Crippen molar-refractivity contribution >= 4 is 38.5 Å². The van der Waals surface area contributed by atoms with Crippen LogP contribution in [-0.2, 0) is 30.6 Å². The number of piperidine rings is 1. The number of nitrogen functional groups attached to an aromatic ring is 1. The Kier molecular flexibility index (Phi) is 8.58. The molecule has 0 unspecified atom stereocenters. The number of aromatic amines is 1. The third-order valence-corrected chi connectivity index (χ3v) is 10.2. The molecular weight excluding hydrogens is 608 g/mol. The molecule has 9 heteroatoms. The minimum absolute atomic E-state index is 0.0373. The average Bonchev–Trinajstić information content (AvgIpc) is 3.84. The molecule has 5 N–H and O–H groups in total. The molecule has 0 spiro atoms. The highest BCUT2D eigenvalue weighted by Crippen LogP contribution is 2.29. The molecule has 1 saturated heterocycles. The summed E-state index contributed by atoms with van der Waals surface area (Å²) in [4.78, 5) is 17.3. The van der Waals surface area contributed by atoms with Gasteiger partial charge in [-0.3, -0.25) is 9.47 Å². The van der Waals surface area contributed by atoms with Gasteiger partial charge in [-0.15, -0.1) is 10.2 Å². The first kappa shape index (κ1) is 30.9. The second-order valence-corrected chi connectivity index (χ2v) is 13.3. The van der Waals surface area contributed by atoms with Gasteiger partial charge < -0.3 is 26.0 Å². The molecule has 1 aliphatic heterocycles. The number of nitrogens with two attached hydrogens (primary N) is 1. The Labute approximate surface area is 285 Å². The van der Waals surface area contributed by atoms with E-state index in [0.717, 1.165) is 78.8 Å². The Balaban J connectivity index is 1.17. The Hall–Kier alpha value is -5.41. The second kappa shape index (κ2) is 13.6. The van der Waals surface area contributed by atoms with Crippen molar-refractivity contribution in [2.24, 2.45) is 5.92 Å². The van der Waals surface area contributed by atoms with Crippen molar-refractivity contribution in [3.05, 3.63) is 132 Å². The number of hydrogen-bond acceptors (Lipinski definition) is 5. The molecule has 0 bridgehead atoms. The summed E-state index contributed by atoms with van der Waals surface area (Å²) in [6.45, 7) is 2.30. The minimum Gasteiger partial charge on any atom is -0.361 e. The molecule has 7 aromatic rings. The Morgan fingerprint density at radius 3 is 2.47 bits per heavy atom. The molecule has 3 aromatic heterocycles. The van der Waals surface area contributed by atoms with Gasteiger partial charge in [0.2, 0.25) is 5.91 Å². The monoisotopic (exact) mass is 650 g/mol. The number of amides is 1. The number of rotatable bonds is 11. The smallest absolute Gasteiger partial charge is 0.223 e. The number of aromatic nitrogens is 5. The van der Waals surface area contributed by atoms with Crippen LogP contribution in [0.2, 0.25) is 0 Å². The first-order valence-electron chi connectivity index (χ1n) is 17.4. The molecule has 1 amide bonds. The minimum atomic E-state index is -0.391. The highest BCUT2D eigenvalue weighted by atomic mass is 16.2. The summed E-state index contributed by atoms with van der Waals surface area (Å²) in [6, 6.07) is 31.1. The molecule has 4 aromatic carbocycles. The summed E-state index contributed by atoms with van der Waals surface area (Å²) < 4.78 is 3.93. The highest BCUT2D eigenvalue weighted by Gasteiger charge is 2.29. The third kappa shape index (κ3) is 6.29. The average molecular weight is 651 g/mol. The second-order valence-electron chi connectivity index (χ2n) is 13.3. The maximum atomic E-state index is 13.9. The van der Waals surface area contributed by atoms with Crippen LogP contribution in [0.3, 0.4) is 0 Å². The predicted molar refractivity (Wildman–Crippen MR) is 196 cm³/mol. The maximum Gasteiger partial charge on any atom is 0.223 e. The van der Waals surface area contributed by atoms with E-state index in [1.807, 2.05) is 24.4 Å². The van der Waals surface area contributed by atoms with E-state index in [2.05, 4.69) is 99.2 Å². The van der Waals surface area contributed by atoms with Crippen molar-refractivity contribution in [1.82, 2.24) is 35.1 Å². The van der Waals surface area contributed by atoms with Gasteiger partial charge in [0.1, 0.15) is 5.82 Å². The summed E-state index contributed by atoms with van der Waals surface area (Å²) in [5.74, 6) is 8.14. The SMILES string of the molecule is Nn1cc(C[C@@H](NC(=O)C2CCNCC2)c2nnc(CCCc3c[nH]c4ccccc34)n2Cc2cccc3ccccc23)c2ccccc21. The number of carbonyl (C=O) groups is 1. The Bertz CT molecular complexity index is 2230. The number of nitrogens with zero attached hydrogens (tertiary/aromatic N) is 4. The van der Waals surface area contributed by atoms with Crippen molar-refractivity contribution in [1.29, 1.82) is 0 Å². The summed E-state index contributed by atoms with van der Waals surface area (Å²) in [5.41, 5.74) is 5.68. The molecule has 49 heavy (non-hydrogen) atoms. The molecule has 4 heterocycles. The molecule has 8 rings (SSSR count). The van der Waals surface area contributed by atoms with Crippen molar-refractivity contribution < 1.29 is 4.79 Å². The summed E-state index contributed by atoms with van der Waals surface area (Å²) in [5, 5.41) is 21.3. The van der Waals surface area contributed by atoms with Crippen LogP contribution in [0.25, 0.3) is 32.6 Å². The van der Waals surface area contributed by atoms with Gasteiger partial charge in [0, 0.05) is 47.4 Å². The lowest BCUT2D eigenvalue weighted by molar-refractivity contribution is -0.126. The van der Waals surface area contributed by atoms with Gasteiger partial charge in [-0.2, -0.15) is 0 Å². The van der Waals surface area contributed by atoms with Crippen molar-refractivity contribution in [3.8, 4) is 0 Å². The predicted octanol–water partition coefficient (Wildman–Crippen LogP) is 6.20. The topological polar surface area (TPSA) is 119 Å². The molecule has 0 radical (unpaired) electrons. The van der Waals surface area contributed by atoms with E-state index >= 15 is 0 Å². The number of aryl methyl sites for hydroxylation is 2. The van der Waals surface area contributed by atoms with Gasteiger partial charge in [0.05, 0.1) is 18.1 Å². The zero-order valence-electron chi connectivity index (χ0n) is 27.6. The fourth-order valence-electron chi connectivity index (χ4n) is 7.58. The van der Waals surface area contributed by atoms with E-state index in [1.54, 1.807) is 4.68 Å². The zero-order valence-corrected chi connectivity index (χ0v) is 27.6. The standard InChI is InChI=1S/C40H42N8O/c41-48-26-31(34-15-4-6-17-37(34)48)23-36(44-40(49)28-19-21-42-22-20-28)39-46-45-38(18-8-11-29-24-43-35-16-5-3-14-33(29)35)47(39)25-30-12-7-10-27-9-1-2-13-32(27)30/h1-7,9-10,12-17,24,26,28,36,42-43H,8,11,18-23,25,41H2,(H,44,49)/t36-/m1/s1. The first-order valence-corrected chi connectivity index (χ1v) is 17.4. The van der Waals surface area contributed by atoms with Gasteiger partial charge >= 0.3 is 0 Å². The highest BCUT2D eigenvalue weighted by molar-refractivity contribution is 5.86. The lowest BCUT2D eigenvalue weighted by Gasteiger charge is -2.26. The number of hydrogen-bond donors (Lipinski definition) is 4. The number of para-hydroxylation sites is 2. The van der Waals surface area contributed by atoms with Crippen LogP contribution in [0.5, 0.6) is 0 Å². The molecule has 0 saturated carbocycles. The lowest BCUT2D eigenvalue weighted by Crippen LogP contribution is -2.41.